The standard InChI is InChI=1S/C27H19N3O5/c31-25(17-8-2-1-3-9-17)24-22-21(23-20-12-5-4-7-16(20)13-14-28(23)24)26(32)29(27(22)33)18-10-6-11-19(15-18)30(34)35/h1-15,21-24H. The maximum Gasteiger partial charge on any atom is 0.271 e. The lowest BCUT2D eigenvalue weighted by atomic mass is 9.83. The lowest BCUT2D eigenvalue weighted by molar-refractivity contribution is -0.384. The van der Waals surface area contributed by atoms with E-state index in [2.05, 4.69) is 0 Å². The number of hydrogen-bond donors (Lipinski definition) is 0. The molecule has 172 valence electrons. The highest BCUT2D eigenvalue weighted by Gasteiger charge is 2.64. The number of anilines is 1. The van der Waals surface area contributed by atoms with Crippen LogP contribution in [0.1, 0.15) is 27.5 Å². The van der Waals surface area contributed by atoms with Crippen LogP contribution < -0.4 is 4.90 Å². The van der Waals surface area contributed by atoms with Crippen LogP contribution in [-0.4, -0.2) is 33.5 Å². The number of fused-ring (bicyclic) bond motifs is 5. The van der Waals surface area contributed by atoms with Gasteiger partial charge in [0.1, 0.15) is 6.04 Å². The summed E-state index contributed by atoms with van der Waals surface area (Å²) in [5.41, 5.74) is 2.17. The third kappa shape index (κ3) is 3.03. The molecule has 0 radical (unpaired) electrons. The molecule has 2 fully saturated rings. The van der Waals surface area contributed by atoms with E-state index in [4.69, 9.17) is 0 Å². The second-order valence-electron chi connectivity index (χ2n) is 8.85. The average Bonchev–Trinajstić information content (AvgIpc) is 3.36. The predicted molar refractivity (Wildman–Crippen MR) is 127 cm³/mol. The van der Waals surface area contributed by atoms with Crippen LogP contribution in [-0.2, 0) is 9.59 Å². The van der Waals surface area contributed by atoms with Crippen LogP contribution in [0.3, 0.4) is 0 Å². The summed E-state index contributed by atoms with van der Waals surface area (Å²) in [5, 5.41) is 11.3. The Labute approximate surface area is 200 Å². The number of nitro groups is 1. The fraction of sp³-hybridized carbons (Fsp3) is 0.148. The highest BCUT2D eigenvalue weighted by Crippen LogP contribution is 2.53. The number of nitrogens with zero attached hydrogens (tertiary/aromatic N) is 3. The van der Waals surface area contributed by atoms with Gasteiger partial charge in [0.25, 0.3) is 5.69 Å². The molecule has 0 aliphatic carbocycles. The number of amides is 2. The van der Waals surface area contributed by atoms with Gasteiger partial charge in [-0.1, -0.05) is 60.7 Å². The molecule has 3 aromatic carbocycles. The Balaban J connectivity index is 1.50. The van der Waals surface area contributed by atoms with E-state index in [0.29, 0.717) is 5.56 Å². The van der Waals surface area contributed by atoms with E-state index in [1.807, 2.05) is 41.3 Å². The minimum atomic E-state index is -0.921. The monoisotopic (exact) mass is 465 g/mol. The van der Waals surface area contributed by atoms with Crippen LogP contribution in [0, 0.1) is 22.0 Å². The third-order valence-corrected chi connectivity index (χ3v) is 7.09. The van der Waals surface area contributed by atoms with Gasteiger partial charge in [0.15, 0.2) is 5.78 Å². The summed E-state index contributed by atoms with van der Waals surface area (Å²) in [5.74, 6) is -2.94. The lowest BCUT2D eigenvalue weighted by Gasteiger charge is -2.35. The van der Waals surface area contributed by atoms with Gasteiger partial charge in [-0.3, -0.25) is 24.5 Å². The number of benzene rings is 3. The van der Waals surface area contributed by atoms with Crippen molar-refractivity contribution in [3.05, 3.63) is 112 Å². The number of Topliss-reactive ketones (excluding diaryl/α,β-unsaturated/α-hetero) is 1. The van der Waals surface area contributed by atoms with E-state index in [1.165, 1.54) is 24.3 Å². The zero-order valence-electron chi connectivity index (χ0n) is 18.4. The molecule has 6 rings (SSSR count). The minimum absolute atomic E-state index is 0.140. The van der Waals surface area contributed by atoms with Crippen molar-refractivity contribution in [3.8, 4) is 0 Å². The fourth-order valence-corrected chi connectivity index (χ4v) is 5.63. The molecule has 2 amide bonds. The molecule has 3 aliphatic heterocycles. The van der Waals surface area contributed by atoms with E-state index in [-0.39, 0.29) is 17.2 Å². The summed E-state index contributed by atoms with van der Waals surface area (Å²) in [4.78, 5) is 55.0. The van der Waals surface area contributed by atoms with Crippen molar-refractivity contribution in [2.24, 2.45) is 11.8 Å². The molecular formula is C27H19N3O5. The molecule has 8 nitrogen and oxygen atoms in total. The maximum absolute atomic E-state index is 13.8. The van der Waals surface area contributed by atoms with Crippen molar-refractivity contribution < 1.29 is 19.3 Å². The van der Waals surface area contributed by atoms with Crippen molar-refractivity contribution >= 4 is 35.0 Å². The SMILES string of the molecule is O=C(c1ccccc1)C1C2C(=O)N(c3cccc([N+](=O)[O-])c3)C(=O)C2C2c3ccccc3C=CN12. The highest BCUT2D eigenvalue weighted by molar-refractivity contribution is 6.24. The van der Waals surface area contributed by atoms with E-state index in [1.54, 1.807) is 30.5 Å². The molecule has 0 N–H and O–H groups in total. The Kier molecular flexibility index (Phi) is 4.63. The molecule has 0 aromatic heterocycles. The van der Waals surface area contributed by atoms with Crippen molar-refractivity contribution in [2.45, 2.75) is 12.1 Å². The Morgan fingerprint density at radius 3 is 2.34 bits per heavy atom. The summed E-state index contributed by atoms with van der Waals surface area (Å²) >= 11 is 0. The van der Waals surface area contributed by atoms with E-state index in [0.717, 1.165) is 16.0 Å². The topological polar surface area (TPSA) is 101 Å². The first-order valence-corrected chi connectivity index (χ1v) is 11.2. The lowest BCUT2D eigenvalue weighted by Crippen LogP contribution is -2.44. The number of hydrogen-bond acceptors (Lipinski definition) is 6. The second kappa shape index (κ2) is 7.73. The van der Waals surface area contributed by atoms with Crippen molar-refractivity contribution in [1.29, 1.82) is 0 Å². The van der Waals surface area contributed by atoms with E-state index in [9.17, 15) is 24.5 Å². The van der Waals surface area contributed by atoms with Crippen LogP contribution >= 0.6 is 0 Å². The third-order valence-electron chi connectivity index (χ3n) is 7.09. The zero-order chi connectivity index (χ0) is 24.3. The van der Waals surface area contributed by atoms with E-state index < -0.39 is 40.7 Å². The number of rotatable bonds is 4. The molecule has 3 aromatic rings. The second-order valence-corrected chi connectivity index (χ2v) is 8.85. The first kappa shape index (κ1) is 21.0. The molecule has 0 saturated carbocycles. The van der Waals surface area contributed by atoms with Crippen LogP contribution in [0.25, 0.3) is 6.08 Å². The Morgan fingerprint density at radius 2 is 1.57 bits per heavy atom. The number of non-ortho nitro benzene ring substituents is 1. The van der Waals surface area contributed by atoms with Crippen LogP contribution in [0.4, 0.5) is 11.4 Å². The number of carbonyl (C=O) groups is 3. The quantitative estimate of drug-likeness (QED) is 0.250. The molecule has 0 bridgehead atoms. The first-order valence-electron chi connectivity index (χ1n) is 11.2. The molecule has 4 unspecified atom stereocenters. The highest BCUT2D eigenvalue weighted by atomic mass is 16.6. The molecule has 2 saturated heterocycles. The van der Waals surface area contributed by atoms with Crippen LogP contribution in [0.15, 0.2) is 85.1 Å². The Hall–Kier alpha value is -4.59. The number of ketones is 1. The van der Waals surface area contributed by atoms with Gasteiger partial charge < -0.3 is 4.90 Å². The number of carbonyl (C=O) groups excluding carboxylic acids is 3. The predicted octanol–water partition coefficient (Wildman–Crippen LogP) is 3.99. The average molecular weight is 465 g/mol. The molecule has 0 spiro atoms. The Bertz CT molecular complexity index is 1430. The molecular weight excluding hydrogens is 446 g/mol. The summed E-state index contributed by atoms with van der Waals surface area (Å²) < 4.78 is 0. The normalized spacial score (nSPS) is 24.2. The largest absolute Gasteiger partial charge is 0.358 e. The van der Waals surface area contributed by atoms with Gasteiger partial charge in [0.05, 0.1) is 28.5 Å². The summed E-state index contributed by atoms with van der Waals surface area (Å²) in [7, 11) is 0. The van der Waals surface area contributed by atoms with Gasteiger partial charge in [-0.25, -0.2) is 4.90 Å². The maximum atomic E-state index is 13.8. The van der Waals surface area contributed by atoms with Crippen molar-refractivity contribution in [3.63, 3.8) is 0 Å². The van der Waals surface area contributed by atoms with Crippen molar-refractivity contribution in [2.75, 3.05) is 4.90 Å². The zero-order valence-corrected chi connectivity index (χ0v) is 18.4. The van der Waals surface area contributed by atoms with Crippen LogP contribution in [0.5, 0.6) is 0 Å². The van der Waals surface area contributed by atoms with Gasteiger partial charge in [-0.15, -0.1) is 0 Å². The summed E-state index contributed by atoms with van der Waals surface area (Å²) in [6, 6.07) is 20.4. The summed E-state index contributed by atoms with van der Waals surface area (Å²) in [6.07, 6.45) is 3.69. The molecule has 3 aliphatic rings. The van der Waals surface area contributed by atoms with Gasteiger partial charge in [-0.05, 0) is 23.3 Å². The smallest absolute Gasteiger partial charge is 0.271 e. The van der Waals surface area contributed by atoms with Gasteiger partial charge in [-0.2, -0.15) is 0 Å². The van der Waals surface area contributed by atoms with Gasteiger partial charge >= 0.3 is 0 Å². The fourth-order valence-electron chi connectivity index (χ4n) is 5.63. The minimum Gasteiger partial charge on any atom is -0.358 e. The Morgan fingerprint density at radius 1 is 0.857 bits per heavy atom. The molecule has 3 heterocycles. The number of nitro benzene ring substituents is 1. The first-order chi connectivity index (χ1) is 17.0. The molecule has 35 heavy (non-hydrogen) atoms. The van der Waals surface area contributed by atoms with E-state index >= 15 is 0 Å². The van der Waals surface area contributed by atoms with Gasteiger partial charge in [0.2, 0.25) is 11.8 Å². The summed E-state index contributed by atoms with van der Waals surface area (Å²) in [6.45, 7) is 0. The molecule has 8 heteroatoms. The number of imide groups is 1. The van der Waals surface area contributed by atoms with Crippen LogP contribution in [0.2, 0.25) is 0 Å². The van der Waals surface area contributed by atoms with Crippen molar-refractivity contribution in [1.82, 2.24) is 4.90 Å². The van der Waals surface area contributed by atoms with Gasteiger partial charge in [0, 0.05) is 23.9 Å². The molecule has 4 atom stereocenters.